The highest BCUT2D eigenvalue weighted by molar-refractivity contribution is 7.88. The number of pyridine rings is 1. The molecular formula is C15H21N3O4S. The fraction of sp³-hybridized carbons (Fsp3) is 0.600. The van der Waals surface area contributed by atoms with Gasteiger partial charge in [0.15, 0.2) is 0 Å². The summed E-state index contributed by atoms with van der Waals surface area (Å²) < 4.78 is 30.0. The summed E-state index contributed by atoms with van der Waals surface area (Å²) in [6.07, 6.45) is 5.16. The molecule has 1 aliphatic carbocycles. The maximum atomic E-state index is 12.5. The van der Waals surface area contributed by atoms with Crippen molar-refractivity contribution >= 4 is 15.9 Å². The van der Waals surface area contributed by atoms with Gasteiger partial charge in [0, 0.05) is 44.0 Å². The quantitative estimate of drug-likeness (QED) is 0.784. The molecule has 0 aromatic carbocycles. The van der Waals surface area contributed by atoms with Gasteiger partial charge in [0.2, 0.25) is 15.9 Å². The first kappa shape index (κ1) is 16.2. The summed E-state index contributed by atoms with van der Waals surface area (Å²) in [7, 11) is -3.19. The number of hydrogen-bond donors (Lipinski definition) is 0. The molecule has 23 heavy (non-hydrogen) atoms. The van der Waals surface area contributed by atoms with Gasteiger partial charge in [-0.1, -0.05) is 0 Å². The Morgan fingerprint density at radius 3 is 2.61 bits per heavy atom. The lowest BCUT2D eigenvalue weighted by Gasteiger charge is -2.33. The molecule has 0 N–H and O–H groups in total. The van der Waals surface area contributed by atoms with Crippen LogP contribution >= 0.6 is 0 Å². The minimum Gasteiger partial charge on any atom is -0.477 e. The van der Waals surface area contributed by atoms with Crippen molar-refractivity contribution < 1.29 is 17.9 Å². The lowest BCUT2D eigenvalue weighted by molar-refractivity contribution is 0.0697. The highest BCUT2D eigenvalue weighted by Crippen LogP contribution is 2.29. The molecule has 3 rings (SSSR count). The van der Waals surface area contributed by atoms with E-state index in [2.05, 4.69) is 4.98 Å². The first-order valence-electron chi connectivity index (χ1n) is 7.77. The molecule has 1 saturated carbocycles. The largest absolute Gasteiger partial charge is 0.477 e. The maximum absolute atomic E-state index is 12.5. The van der Waals surface area contributed by atoms with Crippen molar-refractivity contribution in [3.8, 4) is 5.88 Å². The van der Waals surface area contributed by atoms with Crippen LogP contribution in [0.15, 0.2) is 18.3 Å². The maximum Gasteiger partial charge on any atom is 0.254 e. The van der Waals surface area contributed by atoms with Crippen molar-refractivity contribution in [1.82, 2.24) is 14.2 Å². The van der Waals surface area contributed by atoms with Gasteiger partial charge >= 0.3 is 0 Å². The molecule has 1 aromatic rings. The van der Waals surface area contributed by atoms with Crippen LogP contribution in [0, 0.1) is 5.92 Å². The van der Waals surface area contributed by atoms with Crippen LogP contribution in [0.25, 0.3) is 0 Å². The number of carbonyl (C=O) groups is 1. The average molecular weight is 339 g/mol. The van der Waals surface area contributed by atoms with E-state index in [-0.39, 0.29) is 5.91 Å². The molecule has 0 bridgehead atoms. The van der Waals surface area contributed by atoms with Gasteiger partial charge in [-0.3, -0.25) is 4.79 Å². The molecule has 2 fully saturated rings. The fourth-order valence-corrected chi connectivity index (χ4v) is 3.34. The molecule has 2 heterocycles. The van der Waals surface area contributed by atoms with Crippen LogP contribution in [0.2, 0.25) is 0 Å². The van der Waals surface area contributed by atoms with Crippen LogP contribution in [0.5, 0.6) is 5.88 Å². The molecular weight excluding hydrogens is 318 g/mol. The van der Waals surface area contributed by atoms with Crippen LogP contribution in [0.4, 0.5) is 0 Å². The monoisotopic (exact) mass is 339 g/mol. The molecule has 2 aliphatic rings. The second-order valence-corrected chi connectivity index (χ2v) is 8.07. The SMILES string of the molecule is CS(=O)(=O)N1CCN(C(=O)c2ccnc(OCC3CC3)c2)CC1. The van der Waals surface area contributed by atoms with Crippen molar-refractivity contribution in [2.45, 2.75) is 12.8 Å². The van der Waals surface area contributed by atoms with Gasteiger partial charge in [-0.15, -0.1) is 0 Å². The van der Waals surface area contributed by atoms with Crippen molar-refractivity contribution in [2.24, 2.45) is 5.92 Å². The van der Waals surface area contributed by atoms with Crippen LogP contribution < -0.4 is 4.74 Å². The molecule has 1 aromatic heterocycles. The van der Waals surface area contributed by atoms with Crippen LogP contribution in [-0.4, -0.2) is 67.6 Å². The topological polar surface area (TPSA) is 79.8 Å². The van der Waals surface area contributed by atoms with Gasteiger partial charge in [0.25, 0.3) is 5.91 Å². The Hall–Kier alpha value is -1.67. The van der Waals surface area contributed by atoms with Crippen molar-refractivity contribution in [3.05, 3.63) is 23.9 Å². The summed E-state index contributed by atoms with van der Waals surface area (Å²) in [5, 5.41) is 0. The molecule has 126 valence electrons. The van der Waals surface area contributed by atoms with E-state index in [0.717, 1.165) is 0 Å². The third kappa shape index (κ3) is 4.20. The van der Waals surface area contributed by atoms with E-state index in [1.807, 2.05) is 0 Å². The predicted molar refractivity (Wildman–Crippen MR) is 84.8 cm³/mol. The van der Waals surface area contributed by atoms with Gasteiger partial charge in [-0.2, -0.15) is 4.31 Å². The Kier molecular flexibility index (Phi) is 4.54. The summed E-state index contributed by atoms with van der Waals surface area (Å²) in [5.41, 5.74) is 0.526. The number of sulfonamides is 1. The number of aromatic nitrogens is 1. The number of piperazine rings is 1. The molecule has 7 nitrogen and oxygen atoms in total. The molecule has 1 amide bonds. The Labute approximate surface area is 136 Å². The summed E-state index contributed by atoms with van der Waals surface area (Å²) in [6.45, 7) is 2.11. The molecule has 0 radical (unpaired) electrons. The normalized spacial score (nSPS) is 19.6. The number of amides is 1. The van der Waals surface area contributed by atoms with Crippen molar-refractivity contribution in [2.75, 3.05) is 39.0 Å². The number of ether oxygens (including phenoxy) is 1. The van der Waals surface area contributed by atoms with E-state index in [1.54, 1.807) is 23.2 Å². The van der Waals surface area contributed by atoms with Gasteiger partial charge in [0.1, 0.15) is 0 Å². The predicted octanol–water partition coefficient (Wildman–Crippen LogP) is 0.588. The lowest BCUT2D eigenvalue weighted by Crippen LogP contribution is -2.50. The zero-order valence-electron chi connectivity index (χ0n) is 13.1. The summed E-state index contributed by atoms with van der Waals surface area (Å²) in [6, 6.07) is 3.32. The van der Waals surface area contributed by atoms with E-state index in [9.17, 15) is 13.2 Å². The van der Waals surface area contributed by atoms with E-state index < -0.39 is 10.0 Å². The first-order valence-corrected chi connectivity index (χ1v) is 9.61. The summed E-state index contributed by atoms with van der Waals surface area (Å²) >= 11 is 0. The van der Waals surface area contributed by atoms with Gasteiger partial charge < -0.3 is 9.64 Å². The molecule has 0 unspecified atom stereocenters. The van der Waals surface area contributed by atoms with E-state index in [4.69, 9.17) is 4.74 Å². The van der Waals surface area contributed by atoms with Crippen molar-refractivity contribution in [3.63, 3.8) is 0 Å². The molecule has 0 atom stereocenters. The average Bonchev–Trinajstić information content (AvgIpc) is 3.36. The van der Waals surface area contributed by atoms with Crippen LogP contribution in [-0.2, 0) is 10.0 Å². The summed E-state index contributed by atoms with van der Waals surface area (Å²) in [5.74, 6) is 0.981. The third-order valence-corrected chi connectivity index (χ3v) is 5.44. The van der Waals surface area contributed by atoms with E-state index in [1.165, 1.54) is 23.4 Å². The van der Waals surface area contributed by atoms with Gasteiger partial charge in [0.05, 0.1) is 12.9 Å². The zero-order valence-corrected chi connectivity index (χ0v) is 14.0. The number of nitrogens with zero attached hydrogens (tertiary/aromatic N) is 3. The number of rotatable bonds is 5. The molecule has 1 aliphatic heterocycles. The Morgan fingerprint density at radius 1 is 1.30 bits per heavy atom. The fourth-order valence-electron chi connectivity index (χ4n) is 2.51. The van der Waals surface area contributed by atoms with E-state index in [0.29, 0.717) is 50.1 Å². The smallest absolute Gasteiger partial charge is 0.254 e. The van der Waals surface area contributed by atoms with Crippen molar-refractivity contribution in [1.29, 1.82) is 0 Å². The highest BCUT2D eigenvalue weighted by atomic mass is 32.2. The van der Waals surface area contributed by atoms with Crippen LogP contribution in [0.3, 0.4) is 0 Å². The lowest BCUT2D eigenvalue weighted by atomic mass is 10.2. The molecule has 1 saturated heterocycles. The number of carbonyl (C=O) groups excluding carboxylic acids is 1. The Bertz CT molecular complexity index is 680. The Balaban J connectivity index is 1.60. The standard InChI is InChI=1S/C15H21N3O4S/c1-23(20,21)18-8-6-17(7-9-18)15(19)13-4-5-16-14(10-13)22-11-12-2-3-12/h4-5,10,12H,2-3,6-9,11H2,1H3. The zero-order chi connectivity index (χ0) is 16.4. The number of hydrogen-bond acceptors (Lipinski definition) is 5. The minimum absolute atomic E-state index is 0.114. The third-order valence-electron chi connectivity index (χ3n) is 4.14. The Morgan fingerprint density at radius 2 is 2.00 bits per heavy atom. The second kappa shape index (κ2) is 6.45. The van der Waals surface area contributed by atoms with Crippen LogP contribution in [0.1, 0.15) is 23.2 Å². The summed E-state index contributed by atoms with van der Waals surface area (Å²) in [4.78, 5) is 18.3. The van der Waals surface area contributed by atoms with Gasteiger partial charge in [-0.25, -0.2) is 13.4 Å². The highest BCUT2D eigenvalue weighted by Gasteiger charge is 2.27. The second-order valence-electron chi connectivity index (χ2n) is 6.09. The molecule has 8 heteroatoms. The van der Waals surface area contributed by atoms with E-state index >= 15 is 0 Å². The minimum atomic E-state index is -3.19. The molecule has 0 spiro atoms. The van der Waals surface area contributed by atoms with Gasteiger partial charge in [-0.05, 0) is 24.8 Å². The first-order chi connectivity index (χ1) is 10.9.